The average Bonchev–Trinajstić information content (AvgIpc) is 2.05. The van der Waals surface area contributed by atoms with E-state index >= 15 is 0 Å². The Morgan fingerprint density at radius 2 is 2.25 bits per heavy atom. The summed E-state index contributed by atoms with van der Waals surface area (Å²) in [6.45, 7) is 5.25. The summed E-state index contributed by atoms with van der Waals surface area (Å²) in [5.41, 5.74) is 0. The molecule has 2 nitrogen and oxygen atoms in total. The van der Waals surface area contributed by atoms with Crippen molar-refractivity contribution in [1.82, 2.24) is 4.90 Å². The first-order valence-corrected chi connectivity index (χ1v) is 5.07. The van der Waals surface area contributed by atoms with E-state index in [4.69, 9.17) is 5.41 Å². The number of rotatable bonds is 2. The van der Waals surface area contributed by atoms with E-state index in [2.05, 4.69) is 11.8 Å². The van der Waals surface area contributed by atoms with Crippen LogP contribution in [0, 0.1) is 5.41 Å². The third kappa shape index (κ3) is 2.23. The van der Waals surface area contributed by atoms with Crippen LogP contribution in [0.4, 0.5) is 0 Å². The minimum Gasteiger partial charge on any atom is -0.358 e. The van der Waals surface area contributed by atoms with Crippen molar-refractivity contribution in [3.8, 4) is 0 Å². The summed E-state index contributed by atoms with van der Waals surface area (Å²) >= 11 is 0. The van der Waals surface area contributed by atoms with Crippen LogP contribution in [0.15, 0.2) is 0 Å². The first kappa shape index (κ1) is 9.56. The van der Waals surface area contributed by atoms with Crippen LogP contribution >= 0.6 is 0 Å². The summed E-state index contributed by atoms with van der Waals surface area (Å²) in [5.74, 6) is 0.758. The largest absolute Gasteiger partial charge is 0.358 e. The van der Waals surface area contributed by atoms with E-state index in [0.717, 1.165) is 12.4 Å². The fourth-order valence-corrected chi connectivity index (χ4v) is 2.08. The quantitative estimate of drug-likeness (QED) is 0.498. The van der Waals surface area contributed by atoms with Gasteiger partial charge in [-0.25, -0.2) is 0 Å². The molecule has 1 saturated heterocycles. The lowest BCUT2D eigenvalue weighted by atomic mass is 9.98. The highest BCUT2D eigenvalue weighted by atomic mass is 15.2. The van der Waals surface area contributed by atoms with Gasteiger partial charge in [0.1, 0.15) is 0 Å². The second kappa shape index (κ2) is 4.48. The molecule has 0 aromatic carbocycles. The van der Waals surface area contributed by atoms with Crippen LogP contribution < -0.4 is 0 Å². The molecule has 0 aromatic heterocycles. The minimum absolute atomic E-state index is 0.668. The molecule has 0 spiro atoms. The second-order valence-corrected chi connectivity index (χ2v) is 3.72. The molecule has 1 aliphatic rings. The lowest BCUT2D eigenvalue weighted by Crippen LogP contribution is -2.42. The van der Waals surface area contributed by atoms with Crippen molar-refractivity contribution >= 4 is 5.84 Å². The molecular formula is C10H20N2. The summed E-state index contributed by atoms with van der Waals surface area (Å²) in [5, 5.41) is 7.62. The first-order valence-electron chi connectivity index (χ1n) is 5.07. The molecule has 1 unspecified atom stereocenters. The summed E-state index contributed by atoms with van der Waals surface area (Å²) in [6, 6.07) is 0.668. The number of nitrogens with zero attached hydrogens (tertiary/aromatic N) is 1. The van der Waals surface area contributed by atoms with Gasteiger partial charge in [0.2, 0.25) is 0 Å². The van der Waals surface area contributed by atoms with Gasteiger partial charge in [-0.05, 0) is 32.6 Å². The maximum Gasteiger partial charge on any atom is 0.0928 e. The number of hydrogen-bond donors (Lipinski definition) is 1. The predicted octanol–water partition coefficient (Wildman–Crippen LogP) is 2.64. The molecule has 12 heavy (non-hydrogen) atoms. The summed E-state index contributed by atoms with van der Waals surface area (Å²) in [7, 11) is 0. The van der Waals surface area contributed by atoms with Crippen LogP contribution in [0.5, 0.6) is 0 Å². The van der Waals surface area contributed by atoms with Gasteiger partial charge >= 0.3 is 0 Å². The zero-order chi connectivity index (χ0) is 8.97. The van der Waals surface area contributed by atoms with Gasteiger partial charge in [0.05, 0.1) is 5.84 Å². The van der Waals surface area contributed by atoms with Crippen LogP contribution in [0.3, 0.4) is 0 Å². The number of amidine groups is 1. The zero-order valence-corrected chi connectivity index (χ0v) is 8.27. The molecule has 0 aromatic rings. The zero-order valence-electron chi connectivity index (χ0n) is 8.27. The van der Waals surface area contributed by atoms with Gasteiger partial charge in [-0.15, -0.1) is 0 Å². The Kier molecular flexibility index (Phi) is 3.57. The van der Waals surface area contributed by atoms with Crippen LogP contribution in [-0.2, 0) is 0 Å². The molecule has 0 bridgehead atoms. The third-order valence-electron chi connectivity index (χ3n) is 2.68. The van der Waals surface area contributed by atoms with Gasteiger partial charge in [0.15, 0.2) is 0 Å². The molecule has 1 aliphatic heterocycles. The Balaban J connectivity index is 2.48. The van der Waals surface area contributed by atoms with E-state index in [0.29, 0.717) is 6.04 Å². The molecule has 1 rings (SSSR count). The third-order valence-corrected chi connectivity index (χ3v) is 2.68. The molecule has 1 atom stereocenters. The number of nitrogens with one attached hydrogen (secondary N) is 1. The Morgan fingerprint density at radius 3 is 2.83 bits per heavy atom. The van der Waals surface area contributed by atoms with E-state index in [1.165, 1.54) is 32.1 Å². The predicted molar refractivity (Wildman–Crippen MR) is 52.7 cm³/mol. The van der Waals surface area contributed by atoms with Crippen molar-refractivity contribution in [1.29, 1.82) is 5.41 Å². The molecule has 0 aliphatic carbocycles. The maximum atomic E-state index is 7.62. The van der Waals surface area contributed by atoms with Crippen molar-refractivity contribution in [2.75, 3.05) is 6.54 Å². The highest BCUT2D eigenvalue weighted by Gasteiger charge is 2.21. The van der Waals surface area contributed by atoms with E-state index in [-0.39, 0.29) is 0 Å². The van der Waals surface area contributed by atoms with Crippen molar-refractivity contribution in [2.45, 2.75) is 52.0 Å². The fraction of sp³-hybridized carbons (Fsp3) is 0.900. The second-order valence-electron chi connectivity index (χ2n) is 3.72. The maximum absolute atomic E-state index is 7.62. The molecule has 0 amide bonds. The Hall–Kier alpha value is -0.530. The molecule has 1 heterocycles. The average molecular weight is 168 g/mol. The van der Waals surface area contributed by atoms with Crippen molar-refractivity contribution in [3.63, 3.8) is 0 Å². The van der Waals surface area contributed by atoms with Crippen molar-refractivity contribution in [3.05, 3.63) is 0 Å². The molecule has 70 valence electrons. The van der Waals surface area contributed by atoms with E-state index in [1.54, 1.807) is 0 Å². The number of piperidine rings is 1. The smallest absolute Gasteiger partial charge is 0.0928 e. The van der Waals surface area contributed by atoms with Crippen LogP contribution in [0.2, 0.25) is 0 Å². The molecule has 1 N–H and O–H groups in total. The van der Waals surface area contributed by atoms with E-state index in [1.807, 2.05) is 6.92 Å². The van der Waals surface area contributed by atoms with Crippen molar-refractivity contribution < 1.29 is 0 Å². The minimum atomic E-state index is 0.668. The highest BCUT2D eigenvalue weighted by molar-refractivity contribution is 5.76. The summed E-state index contributed by atoms with van der Waals surface area (Å²) in [6.07, 6.45) is 6.43. The van der Waals surface area contributed by atoms with Crippen LogP contribution in [-0.4, -0.2) is 23.3 Å². The van der Waals surface area contributed by atoms with Crippen LogP contribution in [0.25, 0.3) is 0 Å². The SMILES string of the molecule is CCCC1CCCCN1C(C)=N. The number of likely N-dealkylation sites (tertiary alicyclic amines) is 1. The van der Waals surface area contributed by atoms with Gasteiger partial charge < -0.3 is 4.90 Å². The van der Waals surface area contributed by atoms with E-state index < -0.39 is 0 Å². The summed E-state index contributed by atoms with van der Waals surface area (Å²) < 4.78 is 0. The van der Waals surface area contributed by atoms with E-state index in [9.17, 15) is 0 Å². The van der Waals surface area contributed by atoms with Crippen LogP contribution in [0.1, 0.15) is 46.0 Å². The van der Waals surface area contributed by atoms with Gasteiger partial charge in [-0.2, -0.15) is 0 Å². The molecule has 0 radical (unpaired) electrons. The molecule has 2 heteroatoms. The Labute approximate surface area is 75.5 Å². The highest BCUT2D eigenvalue weighted by Crippen LogP contribution is 2.20. The normalized spacial score (nSPS) is 24.2. The summed E-state index contributed by atoms with van der Waals surface area (Å²) in [4.78, 5) is 2.27. The molecular weight excluding hydrogens is 148 g/mol. The molecule has 1 fully saturated rings. The fourth-order valence-electron chi connectivity index (χ4n) is 2.08. The monoisotopic (exact) mass is 168 g/mol. The number of hydrogen-bond acceptors (Lipinski definition) is 1. The topological polar surface area (TPSA) is 27.1 Å². The van der Waals surface area contributed by atoms with Gasteiger partial charge in [0.25, 0.3) is 0 Å². The van der Waals surface area contributed by atoms with Gasteiger partial charge in [0, 0.05) is 12.6 Å². The molecule has 0 saturated carbocycles. The Bertz CT molecular complexity index is 152. The standard InChI is InChI=1S/C10H20N2/c1-3-6-10-7-4-5-8-12(10)9(2)11/h10-11H,3-8H2,1-2H3. The lowest BCUT2D eigenvalue weighted by Gasteiger charge is -2.36. The lowest BCUT2D eigenvalue weighted by molar-refractivity contribution is 0.226. The first-order chi connectivity index (χ1) is 5.75. The Morgan fingerprint density at radius 1 is 1.50 bits per heavy atom. The van der Waals surface area contributed by atoms with Crippen molar-refractivity contribution in [2.24, 2.45) is 0 Å². The van der Waals surface area contributed by atoms with Gasteiger partial charge in [-0.1, -0.05) is 13.3 Å². The van der Waals surface area contributed by atoms with Gasteiger partial charge in [-0.3, -0.25) is 5.41 Å².